The first-order valence-corrected chi connectivity index (χ1v) is 10.5. The van der Waals surface area contributed by atoms with Gasteiger partial charge in [0, 0.05) is 18.8 Å². The van der Waals surface area contributed by atoms with E-state index in [4.69, 9.17) is 5.11 Å². The van der Waals surface area contributed by atoms with E-state index in [-0.39, 0.29) is 17.9 Å². The number of nitrogens with one attached hydrogen (secondary N) is 1. The van der Waals surface area contributed by atoms with E-state index in [1.54, 1.807) is 12.1 Å². The lowest BCUT2D eigenvalue weighted by Crippen LogP contribution is -2.23. The van der Waals surface area contributed by atoms with Gasteiger partial charge in [-0.3, -0.25) is 9.69 Å². The van der Waals surface area contributed by atoms with Crippen LogP contribution in [0.4, 0.5) is 5.69 Å². The zero-order chi connectivity index (χ0) is 22.1. The molecule has 2 N–H and O–H groups in total. The number of carbonyl (C=O) groups is 2. The predicted molar refractivity (Wildman–Crippen MR) is 123 cm³/mol. The molecule has 0 aliphatic rings. The molecule has 5 heteroatoms. The number of carbonyl (C=O) groups excluding carboxylic acids is 1. The summed E-state index contributed by atoms with van der Waals surface area (Å²) in [6, 6.07) is 24.8. The van der Waals surface area contributed by atoms with E-state index in [2.05, 4.69) is 41.4 Å². The molecule has 0 radical (unpaired) electrons. The van der Waals surface area contributed by atoms with Crippen LogP contribution in [0.1, 0.15) is 40.4 Å². The van der Waals surface area contributed by atoms with Crippen LogP contribution >= 0.6 is 0 Å². The minimum absolute atomic E-state index is 0.132. The average molecular weight is 417 g/mol. The van der Waals surface area contributed by atoms with Crippen LogP contribution in [-0.4, -0.2) is 28.4 Å². The normalized spacial score (nSPS) is 10.8. The van der Waals surface area contributed by atoms with Gasteiger partial charge in [-0.1, -0.05) is 61.5 Å². The van der Waals surface area contributed by atoms with Crippen LogP contribution in [0.2, 0.25) is 0 Å². The number of benzene rings is 3. The molecule has 0 aliphatic carbocycles. The first-order chi connectivity index (χ1) is 15.0. The second kappa shape index (κ2) is 11.1. The van der Waals surface area contributed by atoms with Gasteiger partial charge in [0.1, 0.15) is 0 Å². The summed E-state index contributed by atoms with van der Waals surface area (Å²) in [5.74, 6) is -1.11. The maximum atomic E-state index is 12.3. The highest BCUT2D eigenvalue weighted by Crippen LogP contribution is 2.15. The number of carboxylic acid groups (broad SMARTS) is 1. The Labute approximate surface area is 183 Å². The van der Waals surface area contributed by atoms with Gasteiger partial charge >= 0.3 is 5.97 Å². The van der Waals surface area contributed by atoms with Crippen molar-refractivity contribution in [2.45, 2.75) is 32.9 Å². The monoisotopic (exact) mass is 416 g/mol. The van der Waals surface area contributed by atoms with Crippen molar-refractivity contribution in [3.8, 4) is 0 Å². The van der Waals surface area contributed by atoms with Crippen molar-refractivity contribution >= 4 is 17.6 Å². The molecule has 0 unspecified atom stereocenters. The number of hydrogen-bond acceptors (Lipinski definition) is 3. The van der Waals surface area contributed by atoms with Crippen molar-refractivity contribution in [3.05, 3.63) is 101 Å². The highest BCUT2D eigenvalue weighted by atomic mass is 16.4. The molecule has 0 saturated carbocycles. The topological polar surface area (TPSA) is 69.6 Å². The van der Waals surface area contributed by atoms with E-state index in [9.17, 15) is 9.59 Å². The van der Waals surface area contributed by atoms with Crippen molar-refractivity contribution in [2.75, 3.05) is 11.9 Å². The molecule has 0 saturated heterocycles. The molecular weight excluding hydrogens is 388 g/mol. The second-order valence-electron chi connectivity index (χ2n) is 7.62. The van der Waals surface area contributed by atoms with E-state index in [1.165, 1.54) is 23.3 Å². The Bertz CT molecular complexity index is 983. The second-order valence-corrected chi connectivity index (χ2v) is 7.62. The van der Waals surface area contributed by atoms with Gasteiger partial charge in [-0.15, -0.1) is 0 Å². The van der Waals surface area contributed by atoms with Gasteiger partial charge in [0.15, 0.2) is 0 Å². The highest BCUT2D eigenvalue weighted by Gasteiger charge is 2.09. The standard InChI is InChI=1S/C26H28N2O3/c1-2-16-28(18-21-6-4-3-5-7-21)19-22-10-14-24(15-11-22)27-25(29)17-20-8-12-23(13-9-20)26(30)31/h3-15H,2,16-19H2,1H3,(H,27,29)(H,30,31). The van der Waals surface area contributed by atoms with Crippen LogP contribution in [0.5, 0.6) is 0 Å². The molecule has 0 aliphatic heterocycles. The molecule has 160 valence electrons. The number of anilines is 1. The fourth-order valence-electron chi connectivity index (χ4n) is 3.48. The Balaban J connectivity index is 1.54. The minimum Gasteiger partial charge on any atom is -0.478 e. The van der Waals surface area contributed by atoms with Crippen LogP contribution in [0.15, 0.2) is 78.9 Å². The van der Waals surface area contributed by atoms with Crippen LogP contribution in [0.3, 0.4) is 0 Å². The summed E-state index contributed by atoms with van der Waals surface area (Å²) in [4.78, 5) is 25.7. The molecule has 0 aromatic heterocycles. The van der Waals surface area contributed by atoms with Crippen LogP contribution in [0, 0.1) is 0 Å². The Morgan fingerprint density at radius 1 is 0.806 bits per heavy atom. The van der Waals surface area contributed by atoms with Crippen LogP contribution < -0.4 is 5.32 Å². The quantitative estimate of drug-likeness (QED) is 0.489. The third-order valence-corrected chi connectivity index (χ3v) is 5.00. The molecule has 31 heavy (non-hydrogen) atoms. The first-order valence-electron chi connectivity index (χ1n) is 10.5. The average Bonchev–Trinajstić information content (AvgIpc) is 2.76. The van der Waals surface area contributed by atoms with E-state index in [1.807, 2.05) is 30.3 Å². The molecule has 0 bridgehead atoms. The Morgan fingerprint density at radius 3 is 1.97 bits per heavy atom. The summed E-state index contributed by atoms with van der Waals surface area (Å²) >= 11 is 0. The van der Waals surface area contributed by atoms with Crippen molar-refractivity contribution in [3.63, 3.8) is 0 Å². The number of carboxylic acids is 1. The maximum absolute atomic E-state index is 12.3. The molecule has 1 amide bonds. The molecule has 3 aromatic carbocycles. The third-order valence-electron chi connectivity index (χ3n) is 5.00. The number of hydrogen-bond donors (Lipinski definition) is 2. The molecule has 0 fully saturated rings. The van der Waals surface area contributed by atoms with E-state index < -0.39 is 5.97 Å². The summed E-state index contributed by atoms with van der Waals surface area (Å²) in [6.07, 6.45) is 1.29. The molecule has 3 rings (SSSR count). The summed E-state index contributed by atoms with van der Waals surface area (Å²) in [6.45, 7) is 4.97. The Kier molecular flexibility index (Phi) is 7.96. The summed E-state index contributed by atoms with van der Waals surface area (Å²) in [5.41, 5.74) is 4.24. The van der Waals surface area contributed by atoms with Crippen LogP contribution in [-0.2, 0) is 24.3 Å². The Hall–Kier alpha value is -3.44. The molecule has 0 atom stereocenters. The van der Waals surface area contributed by atoms with E-state index in [0.29, 0.717) is 0 Å². The van der Waals surface area contributed by atoms with Gasteiger partial charge in [-0.2, -0.15) is 0 Å². The van der Waals surface area contributed by atoms with Crippen molar-refractivity contribution in [1.82, 2.24) is 4.90 Å². The summed E-state index contributed by atoms with van der Waals surface area (Å²) in [7, 11) is 0. The zero-order valence-corrected chi connectivity index (χ0v) is 17.8. The van der Waals surface area contributed by atoms with E-state index >= 15 is 0 Å². The van der Waals surface area contributed by atoms with Gasteiger partial charge in [0.2, 0.25) is 5.91 Å². The lowest BCUT2D eigenvalue weighted by Gasteiger charge is -2.22. The lowest BCUT2D eigenvalue weighted by atomic mass is 10.1. The number of amides is 1. The first kappa shape index (κ1) is 22.2. The number of aromatic carboxylic acids is 1. The fraction of sp³-hybridized carbons (Fsp3) is 0.231. The molecule has 5 nitrogen and oxygen atoms in total. The molecule has 3 aromatic rings. The molecule has 0 spiro atoms. The van der Waals surface area contributed by atoms with Crippen molar-refractivity contribution in [2.24, 2.45) is 0 Å². The number of nitrogens with zero attached hydrogens (tertiary/aromatic N) is 1. The van der Waals surface area contributed by atoms with Crippen molar-refractivity contribution in [1.29, 1.82) is 0 Å². The SMILES string of the molecule is CCCN(Cc1ccccc1)Cc1ccc(NC(=O)Cc2ccc(C(=O)O)cc2)cc1. The fourth-order valence-corrected chi connectivity index (χ4v) is 3.48. The molecular formula is C26H28N2O3. The van der Waals surface area contributed by atoms with Gasteiger partial charge in [-0.05, 0) is 53.9 Å². The van der Waals surface area contributed by atoms with Gasteiger partial charge in [0.25, 0.3) is 0 Å². The van der Waals surface area contributed by atoms with Gasteiger partial charge in [-0.25, -0.2) is 4.79 Å². The van der Waals surface area contributed by atoms with Gasteiger partial charge < -0.3 is 10.4 Å². The smallest absolute Gasteiger partial charge is 0.335 e. The van der Waals surface area contributed by atoms with Crippen molar-refractivity contribution < 1.29 is 14.7 Å². The number of rotatable bonds is 10. The van der Waals surface area contributed by atoms with E-state index in [0.717, 1.165) is 37.3 Å². The summed E-state index contributed by atoms with van der Waals surface area (Å²) in [5, 5.41) is 11.9. The van der Waals surface area contributed by atoms with Crippen LogP contribution in [0.25, 0.3) is 0 Å². The summed E-state index contributed by atoms with van der Waals surface area (Å²) < 4.78 is 0. The zero-order valence-electron chi connectivity index (χ0n) is 17.8. The largest absolute Gasteiger partial charge is 0.478 e. The predicted octanol–water partition coefficient (Wildman–Crippen LogP) is 4.98. The minimum atomic E-state index is -0.975. The van der Waals surface area contributed by atoms with Gasteiger partial charge in [0.05, 0.1) is 12.0 Å². The molecule has 0 heterocycles. The lowest BCUT2D eigenvalue weighted by molar-refractivity contribution is -0.115. The highest BCUT2D eigenvalue weighted by molar-refractivity contribution is 5.92. The Morgan fingerprint density at radius 2 is 1.39 bits per heavy atom. The maximum Gasteiger partial charge on any atom is 0.335 e. The third kappa shape index (κ3) is 7.08.